The standard InChI is InChI=1S/C3H5ClF3PS/c4-8-9-2-1-3(5,6)7/h8H,1-2H2. The van der Waals surface area contributed by atoms with Gasteiger partial charge in [-0.15, -0.1) is 11.4 Å². The summed E-state index contributed by atoms with van der Waals surface area (Å²) in [5.41, 5.74) is 0. The zero-order valence-corrected chi connectivity index (χ0v) is 6.91. The van der Waals surface area contributed by atoms with Crippen LogP contribution in [0.15, 0.2) is 0 Å². The molecule has 0 aliphatic carbocycles. The fourth-order valence-corrected chi connectivity index (χ4v) is 1.85. The van der Waals surface area contributed by atoms with Crippen molar-refractivity contribution >= 4 is 29.8 Å². The normalized spacial score (nSPS) is 13.3. The first-order chi connectivity index (χ1) is 4.06. The number of hydrogen-bond acceptors (Lipinski definition) is 1. The lowest BCUT2D eigenvalue weighted by Gasteiger charge is -2.02. The highest BCUT2D eigenvalue weighted by atomic mass is 35.7. The van der Waals surface area contributed by atoms with E-state index in [0.717, 1.165) is 11.4 Å². The maximum atomic E-state index is 11.3. The minimum Gasteiger partial charge on any atom is -0.171 e. The summed E-state index contributed by atoms with van der Waals surface area (Å²) in [5.74, 6) is 0.0748. The molecular weight excluding hydrogens is 192 g/mol. The first-order valence-electron chi connectivity index (χ1n) is 2.10. The van der Waals surface area contributed by atoms with Gasteiger partial charge in [0.1, 0.15) is 0 Å². The summed E-state index contributed by atoms with van der Waals surface area (Å²) in [7, 11) is 0.0326. The van der Waals surface area contributed by atoms with E-state index in [1.165, 1.54) is 0 Å². The summed E-state index contributed by atoms with van der Waals surface area (Å²) in [6.45, 7) is 0. The highest BCUT2D eigenvalue weighted by Gasteiger charge is 2.25. The first-order valence-corrected chi connectivity index (χ1v) is 5.82. The maximum absolute atomic E-state index is 11.3. The Labute approximate surface area is 61.8 Å². The summed E-state index contributed by atoms with van der Waals surface area (Å²) in [6, 6.07) is 0. The lowest BCUT2D eigenvalue weighted by atomic mass is 10.5. The van der Waals surface area contributed by atoms with Gasteiger partial charge in [0, 0.05) is 12.9 Å². The predicted octanol–water partition coefficient (Wildman–Crippen LogP) is 3.42. The first kappa shape index (κ1) is 9.86. The molecule has 1 atom stereocenters. The van der Waals surface area contributed by atoms with Crippen molar-refractivity contribution in [2.45, 2.75) is 12.6 Å². The van der Waals surface area contributed by atoms with Crippen molar-refractivity contribution in [2.24, 2.45) is 0 Å². The van der Waals surface area contributed by atoms with Crippen LogP contribution in [0, 0.1) is 0 Å². The highest BCUT2D eigenvalue weighted by Crippen LogP contribution is 2.36. The van der Waals surface area contributed by atoms with Gasteiger partial charge in [-0.2, -0.15) is 13.2 Å². The molecule has 0 aliphatic heterocycles. The Morgan fingerprint density at radius 3 is 2.33 bits per heavy atom. The molecule has 56 valence electrons. The van der Waals surface area contributed by atoms with Crippen molar-refractivity contribution in [1.82, 2.24) is 0 Å². The van der Waals surface area contributed by atoms with Crippen molar-refractivity contribution in [3.8, 4) is 0 Å². The van der Waals surface area contributed by atoms with Gasteiger partial charge in [0.25, 0.3) is 0 Å². The summed E-state index contributed by atoms with van der Waals surface area (Å²) in [4.78, 5) is 0. The fourth-order valence-electron chi connectivity index (χ4n) is 0.205. The van der Waals surface area contributed by atoms with Crippen LogP contribution in [0.1, 0.15) is 6.42 Å². The largest absolute Gasteiger partial charge is 0.389 e. The summed E-state index contributed by atoms with van der Waals surface area (Å²) < 4.78 is 34.0. The van der Waals surface area contributed by atoms with Crippen LogP contribution in [0.2, 0.25) is 0 Å². The molecule has 0 aromatic heterocycles. The molecule has 6 heteroatoms. The van der Waals surface area contributed by atoms with E-state index in [0.29, 0.717) is 0 Å². The molecule has 0 bridgehead atoms. The van der Waals surface area contributed by atoms with Crippen molar-refractivity contribution in [2.75, 3.05) is 5.75 Å². The molecule has 0 amide bonds. The third-order valence-corrected chi connectivity index (χ3v) is 2.98. The zero-order chi connectivity index (χ0) is 7.33. The van der Waals surface area contributed by atoms with Gasteiger partial charge in [-0.25, -0.2) is 0 Å². The van der Waals surface area contributed by atoms with Gasteiger partial charge < -0.3 is 0 Å². The van der Waals surface area contributed by atoms with Crippen molar-refractivity contribution < 1.29 is 13.2 Å². The number of alkyl halides is 3. The Bertz CT molecular complexity index is 75.9. The third kappa shape index (κ3) is 8.86. The lowest BCUT2D eigenvalue weighted by molar-refractivity contribution is -0.129. The average Bonchev–Trinajstić information content (AvgIpc) is 1.63. The van der Waals surface area contributed by atoms with E-state index < -0.39 is 12.6 Å². The van der Waals surface area contributed by atoms with Crippen LogP contribution in [0.3, 0.4) is 0 Å². The van der Waals surface area contributed by atoms with E-state index in [4.69, 9.17) is 11.2 Å². The second-order valence-electron chi connectivity index (χ2n) is 1.29. The zero-order valence-electron chi connectivity index (χ0n) is 4.33. The van der Waals surface area contributed by atoms with Crippen LogP contribution in [0.25, 0.3) is 0 Å². The van der Waals surface area contributed by atoms with Crippen molar-refractivity contribution in [1.29, 1.82) is 0 Å². The molecule has 9 heavy (non-hydrogen) atoms. The Morgan fingerprint density at radius 2 is 2.00 bits per heavy atom. The van der Waals surface area contributed by atoms with E-state index in [1.54, 1.807) is 0 Å². The number of rotatable bonds is 3. The fraction of sp³-hybridized carbons (Fsp3) is 1.00. The molecule has 0 aromatic carbocycles. The molecule has 0 N–H and O–H groups in total. The van der Waals surface area contributed by atoms with E-state index in [-0.39, 0.29) is 12.9 Å². The van der Waals surface area contributed by atoms with Crippen LogP contribution in [-0.4, -0.2) is 11.9 Å². The second kappa shape index (κ2) is 4.64. The van der Waals surface area contributed by atoms with Crippen molar-refractivity contribution in [3.63, 3.8) is 0 Å². The molecule has 0 saturated heterocycles. The van der Waals surface area contributed by atoms with Gasteiger partial charge in [-0.05, 0) is 0 Å². The molecule has 0 fully saturated rings. The van der Waals surface area contributed by atoms with Gasteiger partial charge in [0.15, 0.2) is 0 Å². The molecule has 0 radical (unpaired) electrons. The monoisotopic (exact) mass is 196 g/mol. The number of halogens is 4. The Morgan fingerprint density at radius 1 is 1.44 bits per heavy atom. The smallest absolute Gasteiger partial charge is 0.171 e. The van der Waals surface area contributed by atoms with Gasteiger partial charge in [0.2, 0.25) is 0 Å². The molecule has 0 spiro atoms. The van der Waals surface area contributed by atoms with Crippen LogP contribution < -0.4 is 0 Å². The SMILES string of the molecule is FC(F)(F)CCSPCl. The molecular formula is C3H5ClF3PS. The molecule has 0 rings (SSSR count). The van der Waals surface area contributed by atoms with E-state index in [9.17, 15) is 13.2 Å². The topological polar surface area (TPSA) is 0 Å². The molecule has 0 saturated carbocycles. The minimum absolute atomic E-state index is 0.0326. The second-order valence-corrected chi connectivity index (χ2v) is 4.86. The van der Waals surface area contributed by atoms with Gasteiger partial charge in [-0.3, -0.25) is 0 Å². The van der Waals surface area contributed by atoms with Crippen molar-refractivity contribution in [3.05, 3.63) is 0 Å². The summed E-state index contributed by atoms with van der Waals surface area (Å²) in [6.07, 6.45) is -4.76. The Balaban J connectivity index is 3.07. The predicted molar refractivity (Wildman–Crippen MR) is 37.3 cm³/mol. The van der Waals surface area contributed by atoms with E-state index in [2.05, 4.69) is 0 Å². The van der Waals surface area contributed by atoms with Gasteiger partial charge in [0.05, 0.1) is 6.42 Å². The molecule has 0 nitrogen and oxygen atoms in total. The van der Waals surface area contributed by atoms with Crippen LogP contribution in [0.4, 0.5) is 13.2 Å². The lowest BCUT2D eigenvalue weighted by Crippen LogP contribution is -2.07. The molecule has 0 heterocycles. The highest BCUT2D eigenvalue weighted by molar-refractivity contribution is 8.56. The summed E-state index contributed by atoms with van der Waals surface area (Å²) in [5, 5.41) is 0. The molecule has 0 aromatic rings. The maximum Gasteiger partial charge on any atom is 0.389 e. The molecule has 1 unspecified atom stereocenters. The van der Waals surface area contributed by atoms with E-state index >= 15 is 0 Å². The Kier molecular flexibility index (Phi) is 5.08. The third-order valence-electron chi connectivity index (χ3n) is 0.542. The summed E-state index contributed by atoms with van der Waals surface area (Å²) >= 11 is 6.26. The van der Waals surface area contributed by atoms with Gasteiger partial charge in [-0.1, -0.05) is 11.2 Å². The Hall–Kier alpha value is 0.860. The minimum atomic E-state index is -4.02. The van der Waals surface area contributed by atoms with Crippen LogP contribution >= 0.6 is 29.8 Å². The van der Waals surface area contributed by atoms with E-state index in [1.807, 2.05) is 0 Å². The van der Waals surface area contributed by atoms with Crippen LogP contribution in [-0.2, 0) is 0 Å². The number of hydrogen-bond donors (Lipinski definition) is 0. The average molecular weight is 197 g/mol. The quantitative estimate of drug-likeness (QED) is 0.492. The molecule has 0 aliphatic rings. The van der Waals surface area contributed by atoms with Crippen LogP contribution in [0.5, 0.6) is 0 Å². The van der Waals surface area contributed by atoms with Gasteiger partial charge >= 0.3 is 6.18 Å².